The summed E-state index contributed by atoms with van der Waals surface area (Å²) < 4.78 is 14.4. The minimum absolute atomic E-state index is 0.224. The third-order valence-corrected chi connectivity index (χ3v) is 5.77. The van der Waals surface area contributed by atoms with Gasteiger partial charge in [0.15, 0.2) is 0 Å². The molecule has 0 radical (unpaired) electrons. The smallest absolute Gasteiger partial charge is 0.271 e. The van der Waals surface area contributed by atoms with E-state index in [1.807, 2.05) is 31.2 Å². The number of nitrogens with zero attached hydrogens (tertiary/aromatic N) is 2. The van der Waals surface area contributed by atoms with E-state index in [0.29, 0.717) is 16.3 Å². The Bertz CT molecular complexity index is 1300. The van der Waals surface area contributed by atoms with E-state index in [9.17, 15) is 14.0 Å². The maximum atomic E-state index is 13.1. The van der Waals surface area contributed by atoms with E-state index >= 15 is 0 Å². The van der Waals surface area contributed by atoms with Crippen LogP contribution in [0.1, 0.15) is 22.8 Å². The molecule has 7 heteroatoms. The van der Waals surface area contributed by atoms with Crippen LogP contribution in [-0.2, 0) is 6.42 Å². The Morgan fingerprint density at radius 1 is 0.969 bits per heavy atom. The molecule has 32 heavy (non-hydrogen) atoms. The lowest BCUT2D eigenvalue weighted by molar-refractivity contribution is 0.102. The van der Waals surface area contributed by atoms with Gasteiger partial charge in [0.2, 0.25) is 0 Å². The number of hydrogen-bond acceptors (Lipinski definition) is 4. The highest BCUT2D eigenvalue weighted by Crippen LogP contribution is 2.25. The van der Waals surface area contributed by atoms with Crippen molar-refractivity contribution < 1.29 is 9.18 Å². The van der Waals surface area contributed by atoms with Gasteiger partial charge in [0.25, 0.3) is 11.5 Å². The Balaban J connectivity index is 1.54. The summed E-state index contributed by atoms with van der Waals surface area (Å²) in [4.78, 5) is 25.8. The standard InChI is InChI=1S/C25H20FN3O2S/c1-2-17-5-3-4-6-22(17)27-25(31)18-7-11-20(12-8-18)29-24(30)16-15-23(28-29)32-21-13-9-19(26)10-14-21/h3-16H,2H2,1H3,(H,27,31). The number of para-hydroxylation sites is 1. The molecular weight excluding hydrogens is 425 g/mol. The number of carbonyl (C=O) groups excluding carboxylic acids is 1. The summed E-state index contributed by atoms with van der Waals surface area (Å²) in [5.74, 6) is -0.534. The van der Waals surface area contributed by atoms with Crippen LogP contribution in [0.25, 0.3) is 5.69 Å². The van der Waals surface area contributed by atoms with Crippen LogP contribution in [-0.4, -0.2) is 15.7 Å². The van der Waals surface area contributed by atoms with Crippen molar-refractivity contribution in [2.24, 2.45) is 0 Å². The summed E-state index contributed by atoms with van der Waals surface area (Å²) in [6, 6.07) is 23.5. The molecule has 0 spiro atoms. The largest absolute Gasteiger partial charge is 0.322 e. The van der Waals surface area contributed by atoms with E-state index in [2.05, 4.69) is 10.4 Å². The number of aromatic nitrogens is 2. The molecule has 0 bridgehead atoms. The minimum Gasteiger partial charge on any atom is -0.322 e. The average molecular weight is 446 g/mol. The summed E-state index contributed by atoms with van der Waals surface area (Å²) in [5.41, 5.74) is 2.57. The zero-order chi connectivity index (χ0) is 22.5. The van der Waals surface area contributed by atoms with Gasteiger partial charge in [0.05, 0.1) is 5.69 Å². The monoisotopic (exact) mass is 445 g/mol. The Morgan fingerprint density at radius 3 is 2.41 bits per heavy atom. The fourth-order valence-electron chi connectivity index (χ4n) is 3.16. The second kappa shape index (κ2) is 9.62. The van der Waals surface area contributed by atoms with E-state index in [4.69, 9.17) is 0 Å². The molecule has 1 N–H and O–H groups in total. The Hall–Kier alpha value is -3.71. The Labute approximate surface area is 188 Å². The molecule has 0 fully saturated rings. The number of benzene rings is 3. The van der Waals surface area contributed by atoms with Gasteiger partial charge in [-0.15, -0.1) is 0 Å². The van der Waals surface area contributed by atoms with Crippen LogP contribution in [0.4, 0.5) is 10.1 Å². The van der Waals surface area contributed by atoms with Crippen LogP contribution in [0.15, 0.2) is 99.6 Å². The highest BCUT2D eigenvalue weighted by Gasteiger charge is 2.10. The lowest BCUT2D eigenvalue weighted by Crippen LogP contribution is -2.20. The molecule has 0 saturated carbocycles. The van der Waals surface area contributed by atoms with Crippen LogP contribution >= 0.6 is 11.8 Å². The molecule has 4 rings (SSSR count). The fourth-order valence-corrected chi connectivity index (χ4v) is 3.93. The predicted octanol–water partition coefficient (Wildman–Crippen LogP) is 5.34. The van der Waals surface area contributed by atoms with Crippen molar-refractivity contribution in [2.45, 2.75) is 23.3 Å². The molecule has 0 aliphatic carbocycles. The first-order chi connectivity index (χ1) is 15.5. The van der Waals surface area contributed by atoms with Crippen LogP contribution in [0.2, 0.25) is 0 Å². The van der Waals surface area contributed by atoms with Gasteiger partial charge < -0.3 is 5.32 Å². The first kappa shape index (κ1) is 21.5. The first-order valence-electron chi connectivity index (χ1n) is 10.1. The number of aryl methyl sites for hydroxylation is 1. The van der Waals surface area contributed by atoms with Crippen molar-refractivity contribution >= 4 is 23.4 Å². The molecule has 1 aromatic heterocycles. The molecule has 0 aliphatic rings. The van der Waals surface area contributed by atoms with Crippen molar-refractivity contribution in [3.8, 4) is 5.69 Å². The zero-order valence-electron chi connectivity index (χ0n) is 17.3. The van der Waals surface area contributed by atoms with E-state index in [1.165, 1.54) is 34.6 Å². The SMILES string of the molecule is CCc1ccccc1NC(=O)c1ccc(-n2nc(Sc3ccc(F)cc3)ccc2=O)cc1. The molecule has 0 aliphatic heterocycles. The van der Waals surface area contributed by atoms with Crippen molar-refractivity contribution in [3.63, 3.8) is 0 Å². The molecule has 0 saturated heterocycles. The molecule has 3 aromatic carbocycles. The maximum Gasteiger partial charge on any atom is 0.271 e. The second-order valence-electron chi connectivity index (χ2n) is 6.99. The lowest BCUT2D eigenvalue weighted by Gasteiger charge is -2.11. The number of halogens is 1. The molecule has 1 heterocycles. The molecule has 4 aromatic rings. The van der Waals surface area contributed by atoms with Gasteiger partial charge in [0.1, 0.15) is 10.8 Å². The fraction of sp³-hybridized carbons (Fsp3) is 0.0800. The second-order valence-corrected chi connectivity index (χ2v) is 8.08. The third-order valence-electron chi connectivity index (χ3n) is 4.83. The van der Waals surface area contributed by atoms with Crippen molar-refractivity contribution in [1.82, 2.24) is 9.78 Å². The lowest BCUT2D eigenvalue weighted by atomic mass is 10.1. The van der Waals surface area contributed by atoms with Gasteiger partial charge in [-0.05, 0) is 72.6 Å². The minimum atomic E-state index is -0.311. The predicted molar refractivity (Wildman–Crippen MR) is 124 cm³/mol. The molecular formula is C25H20FN3O2S. The zero-order valence-corrected chi connectivity index (χ0v) is 18.1. The van der Waals surface area contributed by atoms with Crippen LogP contribution in [0.3, 0.4) is 0 Å². The van der Waals surface area contributed by atoms with E-state index in [-0.39, 0.29) is 17.3 Å². The quantitative estimate of drug-likeness (QED) is 0.435. The normalized spacial score (nSPS) is 10.7. The summed E-state index contributed by atoms with van der Waals surface area (Å²) in [6.07, 6.45) is 0.816. The van der Waals surface area contributed by atoms with Gasteiger partial charge in [0, 0.05) is 22.2 Å². The van der Waals surface area contributed by atoms with E-state index in [1.54, 1.807) is 42.5 Å². The molecule has 0 unspecified atom stereocenters. The molecule has 0 atom stereocenters. The number of hydrogen-bond donors (Lipinski definition) is 1. The average Bonchev–Trinajstić information content (AvgIpc) is 2.82. The summed E-state index contributed by atoms with van der Waals surface area (Å²) in [7, 11) is 0. The maximum absolute atomic E-state index is 13.1. The van der Waals surface area contributed by atoms with Crippen molar-refractivity contribution in [1.29, 1.82) is 0 Å². The Morgan fingerprint density at radius 2 is 1.69 bits per heavy atom. The van der Waals surface area contributed by atoms with Crippen LogP contribution in [0.5, 0.6) is 0 Å². The summed E-state index contributed by atoms with van der Waals surface area (Å²) in [6.45, 7) is 2.03. The first-order valence-corrected chi connectivity index (χ1v) is 10.9. The highest BCUT2D eigenvalue weighted by molar-refractivity contribution is 7.99. The third kappa shape index (κ3) is 4.95. The van der Waals surface area contributed by atoms with Crippen LogP contribution < -0.4 is 10.9 Å². The van der Waals surface area contributed by atoms with Gasteiger partial charge >= 0.3 is 0 Å². The topological polar surface area (TPSA) is 64.0 Å². The van der Waals surface area contributed by atoms with Crippen LogP contribution in [0, 0.1) is 5.82 Å². The number of carbonyl (C=O) groups is 1. The van der Waals surface area contributed by atoms with Gasteiger partial charge in [-0.3, -0.25) is 9.59 Å². The van der Waals surface area contributed by atoms with E-state index < -0.39 is 0 Å². The number of anilines is 1. The molecule has 5 nitrogen and oxygen atoms in total. The number of nitrogens with one attached hydrogen (secondary N) is 1. The van der Waals surface area contributed by atoms with Gasteiger partial charge in [-0.25, -0.2) is 4.39 Å². The van der Waals surface area contributed by atoms with Crippen molar-refractivity contribution in [2.75, 3.05) is 5.32 Å². The summed E-state index contributed by atoms with van der Waals surface area (Å²) >= 11 is 1.32. The van der Waals surface area contributed by atoms with E-state index in [0.717, 1.165) is 22.6 Å². The summed E-state index contributed by atoms with van der Waals surface area (Å²) in [5, 5.41) is 7.93. The number of amides is 1. The molecule has 160 valence electrons. The van der Waals surface area contributed by atoms with Crippen molar-refractivity contribution in [3.05, 3.63) is 112 Å². The molecule has 1 amide bonds. The highest BCUT2D eigenvalue weighted by atomic mass is 32.2. The van der Waals surface area contributed by atoms with Gasteiger partial charge in [-0.2, -0.15) is 9.78 Å². The Kier molecular flexibility index (Phi) is 6.47. The van der Waals surface area contributed by atoms with Gasteiger partial charge in [-0.1, -0.05) is 36.9 Å². The number of rotatable bonds is 6.